The van der Waals surface area contributed by atoms with Gasteiger partial charge in [0.05, 0.1) is 17.7 Å². The van der Waals surface area contributed by atoms with Crippen LogP contribution in [0.1, 0.15) is 51.1 Å². The van der Waals surface area contributed by atoms with Crippen molar-refractivity contribution in [2.45, 2.75) is 38.6 Å². The molecule has 0 bridgehead atoms. The SMILES string of the molecule is O=C(CN1CCCCC1)OC1COc2ccccc2COc2ccccc2C(=O)NCCNC(=O)c2ccccc2OCc2ccccc2OC1. The number of ether oxygens (including phenoxy) is 5. The van der Waals surface area contributed by atoms with Crippen LogP contribution in [0.5, 0.6) is 23.0 Å². The highest BCUT2D eigenvalue weighted by Crippen LogP contribution is 2.26. The Hall–Kier alpha value is -5.55. The van der Waals surface area contributed by atoms with Crippen LogP contribution in [0.4, 0.5) is 0 Å². The molecular weight excluding hydrogens is 650 g/mol. The maximum absolute atomic E-state index is 13.2. The number of hydrogen-bond donors (Lipinski definition) is 2. The molecule has 0 saturated carbocycles. The molecule has 1 saturated heterocycles. The molecule has 1 fully saturated rings. The molecule has 6 rings (SSSR count). The number of hydrogen-bond acceptors (Lipinski definition) is 9. The van der Waals surface area contributed by atoms with Gasteiger partial charge in [-0.3, -0.25) is 19.3 Å². The number of nitrogens with one attached hydrogen (secondary N) is 2. The van der Waals surface area contributed by atoms with Gasteiger partial charge in [-0.2, -0.15) is 0 Å². The first-order valence-corrected chi connectivity index (χ1v) is 17.4. The zero-order valence-electron chi connectivity index (χ0n) is 28.5. The van der Waals surface area contributed by atoms with E-state index in [9.17, 15) is 14.4 Å². The van der Waals surface area contributed by atoms with E-state index in [4.69, 9.17) is 23.7 Å². The predicted octanol–water partition coefficient (Wildman–Crippen LogP) is 5.17. The molecule has 2 heterocycles. The van der Waals surface area contributed by atoms with E-state index in [0.717, 1.165) is 37.1 Å². The molecule has 11 nitrogen and oxygen atoms in total. The summed E-state index contributed by atoms with van der Waals surface area (Å²) in [6, 6.07) is 28.8. The standard InChI is InChI=1S/C40H43N3O8/c44-38(24-43-22-10-1-11-23-43)51-31-27-49-34-16-6-2-12-29(34)25-47-36-18-8-4-14-32(36)39(45)41-20-21-42-40(46)33-15-5-9-19-37(33)48-26-30-13-3-7-17-35(30)50-28-31/h2-9,12-19,31H,1,10-11,20-28H2,(H,41,45)(H,42,46). The summed E-state index contributed by atoms with van der Waals surface area (Å²) >= 11 is 0. The van der Waals surface area contributed by atoms with Crippen LogP contribution in [0.3, 0.4) is 0 Å². The summed E-state index contributed by atoms with van der Waals surface area (Å²) in [4.78, 5) is 41.6. The van der Waals surface area contributed by atoms with Crippen LogP contribution >= 0.6 is 0 Å². The van der Waals surface area contributed by atoms with Crippen molar-refractivity contribution >= 4 is 17.8 Å². The van der Waals surface area contributed by atoms with E-state index in [1.165, 1.54) is 6.42 Å². The summed E-state index contributed by atoms with van der Waals surface area (Å²) in [6.45, 7) is 2.64. The predicted molar refractivity (Wildman–Crippen MR) is 190 cm³/mol. The lowest BCUT2D eigenvalue weighted by Crippen LogP contribution is -2.39. The highest BCUT2D eigenvalue weighted by Gasteiger charge is 2.22. The van der Waals surface area contributed by atoms with Crippen LogP contribution in [0, 0.1) is 0 Å². The molecule has 0 radical (unpaired) electrons. The molecule has 0 aromatic heterocycles. The Balaban J connectivity index is 1.25. The fourth-order valence-electron chi connectivity index (χ4n) is 5.95. The molecule has 2 aliphatic rings. The van der Waals surface area contributed by atoms with Gasteiger partial charge in [0, 0.05) is 24.2 Å². The summed E-state index contributed by atoms with van der Waals surface area (Å²) in [5.41, 5.74) is 2.21. The van der Waals surface area contributed by atoms with Crippen molar-refractivity contribution in [2.24, 2.45) is 0 Å². The second-order valence-electron chi connectivity index (χ2n) is 12.4. The molecule has 4 aromatic rings. The van der Waals surface area contributed by atoms with Crippen molar-refractivity contribution in [3.8, 4) is 23.0 Å². The lowest BCUT2D eigenvalue weighted by molar-refractivity contribution is -0.153. The van der Waals surface area contributed by atoms with E-state index in [1.54, 1.807) is 48.5 Å². The third-order valence-electron chi connectivity index (χ3n) is 8.62. The highest BCUT2D eigenvalue weighted by molar-refractivity contribution is 5.98. The summed E-state index contributed by atoms with van der Waals surface area (Å²) in [7, 11) is 0. The van der Waals surface area contributed by atoms with E-state index >= 15 is 0 Å². The van der Waals surface area contributed by atoms with Crippen LogP contribution in [0.2, 0.25) is 0 Å². The van der Waals surface area contributed by atoms with Crippen LogP contribution in [-0.2, 0) is 22.7 Å². The molecular formula is C40H43N3O8. The van der Waals surface area contributed by atoms with Gasteiger partial charge < -0.3 is 34.3 Å². The molecule has 2 amide bonds. The molecule has 2 N–H and O–H groups in total. The van der Waals surface area contributed by atoms with E-state index in [2.05, 4.69) is 15.5 Å². The molecule has 2 aliphatic heterocycles. The largest absolute Gasteiger partial charge is 0.489 e. The number of fused-ring (bicyclic) bond motifs is 4. The quantitative estimate of drug-likeness (QED) is 0.280. The lowest BCUT2D eigenvalue weighted by Gasteiger charge is -2.26. The Morgan fingerprint density at radius 2 is 1.06 bits per heavy atom. The van der Waals surface area contributed by atoms with Crippen molar-refractivity contribution in [1.29, 1.82) is 0 Å². The fourth-order valence-corrected chi connectivity index (χ4v) is 5.95. The number of esters is 1. The summed E-state index contributed by atoms with van der Waals surface area (Å²) < 4.78 is 30.8. The average molecular weight is 694 g/mol. The van der Waals surface area contributed by atoms with E-state index in [0.29, 0.717) is 34.1 Å². The fraction of sp³-hybridized carbons (Fsp3) is 0.325. The first kappa shape index (κ1) is 35.3. The van der Waals surface area contributed by atoms with Crippen LogP contribution in [0.15, 0.2) is 97.1 Å². The van der Waals surface area contributed by atoms with Crippen LogP contribution in [-0.4, -0.2) is 74.7 Å². The summed E-state index contributed by atoms with van der Waals surface area (Å²) in [5, 5.41) is 5.71. The van der Waals surface area contributed by atoms with E-state index in [-0.39, 0.29) is 63.8 Å². The molecule has 11 heteroatoms. The number of nitrogens with zero attached hydrogens (tertiary/aromatic N) is 1. The average Bonchev–Trinajstić information content (AvgIpc) is 3.16. The second-order valence-corrected chi connectivity index (χ2v) is 12.4. The third-order valence-corrected chi connectivity index (χ3v) is 8.62. The number of likely N-dealkylation sites (tertiary alicyclic amines) is 1. The van der Waals surface area contributed by atoms with Gasteiger partial charge in [-0.05, 0) is 62.3 Å². The van der Waals surface area contributed by atoms with Gasteiger partial charge in [0.15, 0.2) is 6.10 Å². The number of carbonyl (C=O) groups excluding carboxylic acids is 3. The topological polar surface area (TPSA) is 125 Å². The van der Waals surface area contributed by atoms with Gasteiger partial charge >= 0.3 is 5.97 Å². The highest BCUT2D eigenvalue weighted by atomic mass is 16.6. The Morgan fingerprint density at radius 1 is 0.608 bits per heavy atom. The van der Waals surface area contributed by atoms with Gasteiger partial charge in [0.1, 0.15) is 49.4 Å². The molecule has 4 aromatic carbocycles. The third kappa shape index (κ3) is 10.0. The molecule has 51 heavy (non-hydrogen) atoms. The Bertz CT molecular complexity index is 1680. The smallest absolute Gasteiger partial charge is 0.320 e. The van der Waals surface area contributed by atoms with Gasteiger partial charge in [-0.15, -0.1) is 0 Å². The Kier molecular flexibility index (Phi) is 12.4. The molecule has 0 unspecified atom stereocenters. The van der Waals surface area contributed by atoms with Gasteiger partial charge in [0.2, 0.25) is 0 Å². The van der Waals surface area contributed by atoms with E-state index < -0.39 is 6.10 Å². The normalized spacial score (nSPS) is 16.8. The zero-order valence-corrected chi connectivity index (χ0v) is 28.5. The number of carbonyl (C=O) groups is 3. The first-order chi connectivity index (χ1) is 25.0. The number of para-hydroxylation sites is 4. The monoisotopic (exact) mass is 693 g/mol. The summed E-state index contributed by atoms with van der Waals surface area (Å²) in [6.07, 6.45) is 2.55. The van der Waals surface area contributed by atoms with Crippen molar-refractivity contribution < 1.29 is 38.1 Å². The second kappa shape index (κ2) is 17.9. The van der Waals surface area contributed by atoms with Gasteiger partial charge in [-0.1, -0.05) is 67.1 Å². The van der Waals surface area contributed by atoms with Crippen molar-refractivity contribution in [3.05, 3.63) is 119 Å². The Morgan fingerprint density at radius 3 is 1.57 bits per heavy atom. The number of rotatable bonds is 3. The maximum atomic E-state index is 13.2. The minimum Gasteiger partial charge on any atom is -0.489 e. The van der Waals surface area contributed by atoms with Crippen molar-refractivity contribution in [2.75, 3.05) is 45.9 Å². The lowest BCUT2D eigenvalue weighted by atomic mass is 10.1. The molecule has 0 aliphatic carbocycles. The molecule has 0 atom stereocenters. The minimum absolute atomic E-state index is 0.0307. The Labute approximate surface area is 297 Å². The number of benzene rings is 4. The van der Waals surface area contributed by atoms with E-state index in [1.807, 2.05) is 48.5 Å². The van der Waals surface area contributed by atoms with Crippen molar-refractivity contribution in [1.82, 2.24) is 15.5 Å². The van der Waals surface area contributed by atoms with Gasteiger partial charge in [0.25, 0.3) is 11.8 Å². The van der Waals surface area contributed by atoms with Crippen molar-refractivity contribution in [3.63, 3.8) is 0 Å². The molecule has 0 spiro atoms. The minimum atomic E-state index is -0.735. The van der Waals surface area contributed by atoms with Crippen LogP contribution in [0.25, 0.3) is 0 Å². The maximum Gasteiger partial charge on any atom is 0.320 e. The number of amides is 2. The zero-order chi connectivity index (χ0) is 35.3. The first-order valence-electron chi connectivity index (χ1n) is 17.4. The molecule has 266 valence electrons. The van der Waals surface area contributed by atoms with Gasteiger partial charge in [-0.25, -0.2) is 0 Å². The number of piperidine rings is 1. The summed E-state index contributed by atoms with van der Waals surface area (Å²) in [5.74, 6) is 0.893. The van der Waals surface area contributed by atoms with Crippen LogP contribution < -0.4 is 29.6 Å².